The van der Waals surface area contributed by atoms with E-state index < -0.39 is 10.8 Å². The molecule has 0 bridgehead atoms. The first-order chi connectivity index (χ1) is 13.6. The minimum absolute atomic E-state index is 0.491. The van der Waals surface area contributed by atoms with Crippen molar-refractivity contribution in [3.63, 3.8) is 0 Å². The van der Waals surface area contributed by atoms with E-state index in [9.17, 15) is 4.21 Å². The first kappa shape index (κ1) is 18.7. The normalized spacial score (nSPS) is 12.5. The standard InChI is InChI=1S/C19H20N6OS2/c1-3-4-10-28(26)19-14(20)13-15(17-22-8-9-25(17)2)23-16(24-18(13)27-19)12-6-5-7-21-11-12/h5-9,11H,3-4,10,20H2,1-2H3/t28-/m1/s1. The van der Waals surface area contributed by atoms with Crippen LogP contribution in [-0.2, 0) is 17.8 Å². The molecule has 0 saturated carbocycles. The van der Waals surface area contributed by atoms with Crippen LogP contribution in [-0.4, -0.2) is 34.5 Å². The summed E-state index contributed by atoms with van der Waals surface area (Å²) >= 11 is 1.37. The first-order valence-corrected chi connectivity index (χ1v) is 11.1. The SMILES string of the molecule is CCCC[S@@](=O)c1sc2nc(-c3cccnc3)nc(-c3nccn3C)c2c1N. The van der Waals surface area contributed by atoms with Gasteiger partial charge in [0, 0.05) is 43.2 Å². The molecule has 7 nitrogen and oxygen atoms in total. The molecule has 4 aromatic rings. The summed E-state index contributed by atoms with van der Waals surface area (Å²) in [7, 11) is 0.753. The van der Waals surface area contributed by atoms with Crippen molar-refractivity contribution in [2.45, 2.75) is 24.0 Å². The minimum atomic E-state index is -1.15. The number of aryl methyl sites for hydroxylation is 1. The van der Waals surface area contributed by atoms with E-state index in [0.717, 1.165) is 18.4 Å². The molecule has 0 aliphatic heterocycles. The molecule has 4 rings (SSSR count). The third-order valence-electron chi connectivity index (χ3n) is 4.40. The highest BCUT2D eigenvalue weighted by Gasteiger charge is 2.23. The predicted octanol–water partition coefficient (Wildman–Crippen LogP) is 3.64. The van der Waals surface area contributed by atoms with Crippen molar-refractivity contribution >= 4 is 38.0 Å². The quantitative estimate of drug-likeness (QED) is 0.519. The molecule has 0 spiro atoms. The van der Waals surface area contributed by atoms with Gasteiger partial charge in [-0.1, -0.05) is 13.3 Å². The Hall–Kier alpha value is -2.65. The monoisotopic (exact) mass is 412 g/mol. The van der Waals surface area contributed by atoms with Crippen molar-refractivity contribution in [1.82, 2.24) is 24.5 Å². The van der Waals surface area contributed by atoms with E-state index in [-0.39, 0.29) is 0 Å². The van der Waals surface area contributed by atoms with Crippen LogP contribution in [0.4, 0.5) is 5.69 Å². The molecule has 9 heteroatoms. The number of imidazole rings is 1. The number of pyridine rings is 1. The molecular formula is C19H20N6OS2. The number of anilines is 1. The van der Waals surface area contributed by atoms with Crippen LogP contribution in [0.2, 0.25) is 0 Å². The number of nitrogen functional groups attached to an aromatic ring is 1. The van der Waals surface area contributed by atoms with E-state index in [1.165, 1.54) is 11.3 Å². The van der Waals surface area contributed by atoms with Crippen molar-refractivity contribution in [1.29, 1.82) is 0 Å². The lowest BCUT2D eigenvalue weighted by Gasteiger charge is -2.07. The van der Waals surface area contributed by atoms with Crippen LogP contribution in [0.15, 0.2) is 41.1 Å². The van der Waals surface area contributed by atoms with Gasteiger partial charge in [0.15, 0.2) is 11.6 Å². The number of nitrogens with zero attached hydrogens (tertiary/aromatic N) is 5. The molecule has 0 amide bonds. The van der Waals surface area contributed by atoms with Gasteiger partial charge in [0.1, 0.15) is 14.7 Å². The van der Waals surface area contributed by atoms with Gasteiger partial charge in [-0.25, -0.2) is 15.0 Å². The van der Waals surface area contributed by atoms with E-state index in [2.05, 4.69) is 16.9 Å². The van der Waals surface area contributed by atoms with E-state index in [1.807, 2.05) is 29.9 Å². The molecule has 28 heavy (non-hydrogen) atoms. The summed E-state index contributed by atoms with van der Waals surface area (Å²) in [6, 6.07) is 3.75. The molecule has 0 unspecified atom stereocenters. The molecule has 0 radical (unpaired) electrons. The smallest absolute Gasteiger partial charge is 0.163 e. The van der Waals surface area contributed by atoms with E-state index >= 15 is 0 Å². The molecule has 4 aromatic heterocycles. The highest BCUT2D eigenvalue weighted by Crippen LogP contribution is 2.40. The number of hydrogen-bond donors (Lipinski definition) is 1. The van der Waals surface area contributed by atoms with Gasteiger partial charge in [0.2, 0.25) is 0 Å². The zero-order valence-electron chi connectivity index (χ0n) is 15.6. The first-order valence-electron chi connectivity index (χ1n) is 8.96. The maximum absolute atomic E-state index is 12.8. The number of rotatable bonds is 6. The molecule has 0 aromatic carbocycles. The van der Waals surface area contributed by atoms with Crippen LogP contribution in [0.1, 0.15) is 19.8 Å². The largest absolute Gasteiger partial charge is 0.396 e. The van der Waals surface area contributed by atoms with Gasteiger partial charge in [-0.15, -0.1) is 11.3 Å². The van der Waals surface area contributed by atoms with E-state index in [1.54, 1.807) is 18.6 Å². The van der Waals surface area contributed by atoms with Crippen LogP contribution in [0.3, 0.4) is 0 Å². The molecular weight excluding hydrogens is 392 g/mol. The average Bonchev–Trinajstić information content (AvgIpc) is 3.29. The lowest BCUT2D eigenvalue weighted by molar-refractivity contribution is 0.681. The molecule has 0 saturated heterocycles. The van der Waals surface area contributed by atoms with Crippen molar-refractivity contribution < 1.29 is 4.21 Å². The van der Waals surface area contributed by atoms with Crippen LogP contribution in [0.5, 0.6) is 0 Å². The summed E-state index contributed by atoms with van der Waals surface area (Å²) < 4.78 is 15.3. The molecule has 4 heterocycles. The Bertz CT molecular complexity index is 1150. The Morgan fingerprint density at radius 2 is 2.14 bits per heavy atom. The highest BCUT2D eigenvalue weighted by atomic mass is 32.2. The van der Waals surface area contributed by atoms with Crippen molar-refractivity contribution in [2.24, 2.45) is 7.05 Å². The van der Waals surface area contributed by atoms with Crippen LogP contribution in [0, 0.1) is 0 Å². The summed E-state index contributed by atoms with van der Waals surface area (Å²) in [6.07, 6.45) is 8.88. The molecule has 144 valence electrons. The second-order valence-electron chi connectivity index (χ2n) is 6.39. The van der Waals surface area contributed by atoms with Crippen molar-refractivity contribution in [2.75, 3.05) is 11.5 Å². The Balaban J connectivity index is 1.96. The Kier molecular flexibility index (Phi) is 5.19. The number of fused-ring (bicyclic) bond motifs is 1. The fourth-order valence-corrected chi connectivity index (χ4v) is 5.69. The van der Waals surface area contributed by atoms with Gasteiger partial charge in [-0.3, -0.25) is 9.19 Å². The lowest BCUT2D eigenvalue weighted by Crippen LogP contribution is -2.01. The summed E-state index contributed by atoms with van der Waals surface area (Å²) in [5.41, 5.74) is 8.38. The second-order valence-corrected chi connectivity index (χ2v) is 9.15. The number of nitrogens with two attached hydrogens (primary N) is 1. The molecule has 1 atom stereocenters. The Labute approximate surface area is 169 Å². The van der Waals surface area contributed by atoms with Gasteiger partial charge < -0.3 is 10.3 Å². The van der Waals surface area contributed by atoms with Crippen molar-refractivity contribution in [3.8, 4) is 22.9 Å². The third kappa shape index (κ3) is 3.31. The zero-order valence-corrected chi connectivity index (χ0v) is 17.3. The maximum atomic E-state index is 12.8. The summed E-state index contributed by atoms with van der Waals surface area (Å²) in [6.45, 7) is 2.08. The highest BCUT2D eigenvalue weighted by molar-refractivity contribution is 7.87. The summed E-state index contributed by atoms with van der Waals surface area (Å²) in [4.78, 5) is 18.8. The predicted molar refractivity (Wildman–Crippen MR) is 113 cm³/mol. The van der Waals surface area contributed by atoms with Crippen LogP contribution < -0.4 is 5.73 Å². The molecule has 2 N–H and O–H groups in total. The summed E-state index contributed by atoms with van der Waals surface area (Å²) in [5, 5.41) is 0.715. The topological polar surface area (TPSA) is 99.6 Å². The number of aromatic nitrogens is 5. The zero-order chi connectivity index (χ0) is 19.7. The van der Waals surface area contributed by atoms with Gasteiger partial charge in [-0.05, 0) is 18.6 Å². The maximum Gasteiger partial charge on any atom is 0.163 e. The molecule has 0 fully saturated rings. The van der Waals surface area contributed by atoms with Crippen molar-refractivity contribution in [3.05, 3.63) is 36.9 Å². The second kappa shape index (κ2) is 7.76. The number of hydrogen-bond acceptors (Lipinski definition) is 7. The fraction of sp³-hybridized carbons (Fsp3) is 0.263. The Morgan fingerprint density at radius 1 is 1.29 bits per heavy atom. The average molecular weight is 413 g/mol. The minimum Gasteiger partial charge on any atom is -0.396 e. The van der Waals surface area contributed by atoms with Crippen LogP contribution in [0.25, 0.3) is 33.1 Å². The van der Waals surface area contributed by atoms with Gasteiger partial charge >= 0.3 is 0 Å². The van der Waals surface area contributed by atoms with Gasteiger partial charge in [-0.2, -0.15) is 0 Å². The molecule has 0 aliphatic rings. The van der Waals surface area contributed by atoms with Crippen LogP contribution >= 0.6 is 11.3 Å². The lowest BCUT2D eigenvalue weighted by atomic mass is 10.2. The van der Waals surface area contributed by atoms with Gasteiger partial charge in [0.05, 0.1) is 21.9 Å². The third-order valence-corrected chi connectivity index (χ3v) is 7.39. The molecule has 0 aliphatic carbocycles. The number of unbranched alkanes of at least 4 members (excludes halogenated alkanes) is 1. The fourth-order valence-electron chi connectivity index (χ4n) is 2.92. The van der Waals surface area contributed by atoms with E-state index in [0.29, 0.717) is 43.2 Å². The Morgan fingerprint density at radius 3 is 2.82 bits per heavy atom. The van der Waals surface area contributed by atoms with E-state index in [4.69, 9.17) is 15.7 Å². The summed E-state index contributed by atoms with van der Waals surface area (Å²) in [5.74, 6) is 1.83. The number of thiophene rings is 1. The van der Waals surface area contributed by atoms with Gasteiger partial charge in [0.25, 0.3) is 0 Å².